The molecule has 2 N–H and O–H groups in total. The third-order valence-electron chi connectivity index (χ3n) is 2.65. The number of carbonyl (C=O) groups is 1. The van der Waals surface area contributed by atoms with Gasteiger partial charge in [0.05, 0.1) is 6.61 Å². The predicted molar refractivity (Wildman–Crippen MR) is 67.8 cm³/mol. The van der Waals surface area contributed by atoms with Crippen LogP contribution in [-0.4, -0.2) is 28.4 Å². The Hall–Kier alpha value is -1.65. The van der Waals surface area contributed by atoms with Crippen LogP contribution >= 0.6 is 0 Å². The molecule has 1 aromatic rings. The first-order chi connectivity index (χ1) is 8.56. The van der Waals surface area contributed by atoms with Gasteiger partial charge in [-0.15, -0.1) is 6.58 Å². The molecule has 98 valence electrons. The van der Waals surface area contributed by atoms with Gasteiger partial charge in [-0.2, -0.15) is 0 Å². The van der Waals surface area contributed by atoms with E-state index in [2.05, 4.69) is 6.58 Å². The number of ether oxygens (including phenoxy) is 1. The average Bonchev–Trinajstić information content (AvgIpc) is 2.39. The van der Waals surface area contributed by atoms with Crippen molar-refractivity contribution in [3.05, 3.63) is 48.6 Å². The lowest BCUT2D eigenvalue weighted by molar-refractivity contribution is -0.178. The second kappa shape index (κ2) is 6.33. The number of hydrogen-bond donors (Lipinski definition) is 2. The van der Waals surface area contributed by atoms with E-state index in [0.29, 0.717) is 5.56 Å². The molecule has 4 heteroatoms. The van der Waals surface area contributed by atoms with E-state index in [-0.39, 0.29) is 13.0 Å². The monoisotopic (exact) mass is 250 g/mol. The molecule has 0 amide bonds. The minimum Gasteiger partial charge on any atom is -0.464 e. The number of hydrogen-bond acceptors (Lipinski definition) is 4. The Balaban J connectivity index is 3.04. The van der Waals surface area contributed by atoms with Gasteiger partial charge >= 0.3 is 5.97 Å². The van der Waals surface area contributed by atoms with Crippen molar-refractivity contribution in [2.75, 3.05) is 6.61 Å². The van der Waals surface area contributed by atoms with Gasteiger partial charge in [-0.1, -0.05) is 36.4 Å². The molecule has 0 aliphatic rings. The summed E-state index contributed by atoms with van der Waals surface area (Å²) in [6.07, 6.45) is -0.0546. The summed E-state index contributed by atoms with van der Waals surface area (Å²) in [4.78, 5) is 11.8. The van der Waals surface area contributed by atoms with Crippen LogP contribution in [0, 0.1) is 0 Å². The van der Waals surface area contributed by atoms with Crippen LogP contribution in [0.5, 0.6) is 0 Å². The maximum absolute atomic E-state index is 11.8. The zero-order chi connectivity index (χ0) is 13.6. The summed E-state index contributed by atoms with van der Waals surface area (Å²) < 4.78 is 4.81. The minimum atomic E-state index is -2.00. The maximum atomic E-state index is 11.8. The van der Waals surface area contributed by atoms with Gasteiger partial charge in [0.15, 0.2) is 5.60 Å². The zero-order valence-corrected chi connectivity index (χ0v) is 10.4. The number of esters is 1. The molecular weight excluding hydrogens is 232 g/mol. The summed E-state index contributed by atoms with van der Waals surface area (Å²) in [6, 6.07) is 8.50. The fraction of sp³-hybridized carbons (Fsp3) is 0.357. The fourth-order valence-electron chi connectivity index (χ4n) is 1.69. The normalized spacial score (nSPS) is 15.5. The van der Waals surface area contributed by atoms with Gasteiger partial charge in [-0.05, 0) is 12.5 Å². The first-order valence-corrected chi connectivity index (χ1v) is 5.79. The molecule has 0 heterocycles. The molecule has 1 aromatic carbocycles. The summed E-state index contributed by atoms with van der Waals surface area (Å²) in [6.45, 7) is 5.26. The van der Waals surface area contributed by atoms with Crippen molar-refractivity contribution in [3.63, 3.8) is 0 Å². The quantitative estimate of drug-likeness (QED) is 0.594. The van der Waals surface area contributed by atoms with Crippen molar-refractivity contribution in [1.29, 1.82) is 0 Å². The highest BCUT2D eigenvalue weighted by Gasteiger charge is 2.44. The summed E-state index contributed by atoms with van der Waals surface area (Å²) in [5.41, 5.74) is -1.55. The van der Waals surface area contributed by atoms with Gasteiger partial charge in [-0.3, -0.25) is 0 Å². The van der Waals surface area contributed by atoms with E-state index in [1.165, 1.54) is 6.08 Å². The molecule has 1 rings (SSSR count). The SMILES string of the molecule is C=CC[C@@](O)(C(=O)OCC)[C@@H](O)c1ccccc1. The Morgan fingerprint density at radius 1 is 1.50 bits per heavy atom. The Morgan fingerprint density at radius 3 is 2.61 bits per heavy atom. The van der Waals surface area contributed by atoms with Crippen molar-refractivity contribution in [2.45, 2.75) is 25.0 Å². The lowest BCUT2D eigenvalue weighted by atomic mass is 9.88. The first kappa shape index (κ1) is 14.4. The molecule has 0 aliphatic carbocycles. The largest absolute Gasteiger partial charge is 0.464 e. The molecule has 0 aromatic heterocycles. The molecule has 18 heavy (non-hydrogen) atoms. The van der Waals surface area contributed by atoms with Crippen LogP contribution in [0.3, 0.4) is 0 Å². The highest BCUT2D eigenvalue weighted by molar-refractivity contribution is 5.80. The summed E-state index contributed by atoms with van der Waals surface area (Å²) in [5, 5.41) is 20.5. The van der Waals surface area contributed by atoms with Crippen LogP contribution in [0.1, 0.15) is 25.0 Å². The Bertz CT molecular complexity index is 402. The van der Waals surface area contributed by atoms with E-state index in [9.17, 15) is 15.0 Å². The Kier molecular flexibility index (Phi) is 5.07. The summed E-state index contributed by atoms with van der Waals surface area (Å²) in [7, 11) is 0. The third-order valence-corrected chi connectivity index (χ3v) is 2.65. The third kappa shape index (κ3) is 2.97. The number of benzene rings is 1. The van der Waals surface area contributed by atoms with Gasteiger partial charge in [-0.25, -0.2) is 4.79 Å². The molecule has 0 saturated heterocycles. The van der Waals surface area contributed by atoms with Crippen LogP contribution in [-0.2, 0) is 9.53 Å². The predicted octanol–water partition coefficient (Wildman–Crippen LogP) is 1.59. The highest BCUT2D eigenvalue weighted by atomic mass is 16.6. The number of aliphatic hydroxyl groups is 2. The Morgan fingerprint density at radius 2 is 2.11 bits per heavy atom. The van der Waals surface area contributed by atoms with Gasteiger partial charge in [0.2, 0.25) is 0 Å². The van der Waals surface area contributed by atoms with Gasteiger partial charge in [0.1, 0.15) is 6.10 Å². The molecule has 0 radical (unpaired) electrons. The van der Waals surface area contributed by atoms with Crippen LogP contribution in [0.2, 0.25) is 0 Å². The smallest absolute Gasteiger partial charge is 0.341 e. The molecule has 4 nitrogen and oxygen atoms in total. The van der Waals surface area contributed by atoms with Crippen LogP contribution in [0.15, 0.2) is 43.0 Å². The molecule has 2 atom stereocenters. The molecule has 0 bridgehead atoms. The van der Waals surface area contributed by atoms with Crippen molar-refractivity contribution in [1.82, 2.24) is 0 Å². The van der Waals surface area contributed by atoms with E-state index >= 15 is 0 Å². The molecule has 0 fully saturated rings. The van der Waals surface area contributed by atoms with Crippen LogP contribution in [0.4, 0.5) is 0 Å². The van der Waals surface area contributed by atoms with E-state index in [1.807, 2.05) is 0 Å². The number of carbonyl (C=O) groups excluding carboxylic acids is 1. The second-order valence-corrected chi connectivity index (χ2v) is 3.95. The van der Waals surface area contributed by atoms with Gasteiger partial charge in [0, 0.05) is 6.42 Å². The van der Waals surface area contributed by atoms with Crippen LogP contribution < -0.4 is 0 Å². The van der Waals surface area contributed by atoms with Gasteiger partial charge in [0.25, 0.3) is 0 Å². The van der Waals surface area contributed by atoms with E-state index in [4.69, 9.17) is 4.74 Å². The minimum absolute atomic E-state index is 0.0815. The van der Waals surface area contributed by atoms with Crippen LogP contribution in [0.25, 0.3) is 0 Å². The standard InChI is InChI=1S/C14H18O4/c1-3-10-14(17,13(16)18-4-2)12(15)11-8-6-5-7-9-11/h3,5-9,12,15,17H,1,4,10H2,2H3/t12-,14-/m0/s1. The van der Waals surface area contributed by atoms with Crippen molar-refractivity contribution >= 4 is 5.97 Å². The topological polar surface area (TPSA) is 66.8 Å². The van der Waals surface area contributed by atoms with Gasteiger partial charge < -0.3 is 14.9 Å². The molecular formula is C14H18O4. The van der Waals surface area contributed by atoms with E-state index in [0.717, 1.165) is 0 Å². The number of aliphatic hydroxyl groups excluding tert-OH is 1. The molecule has 0 aliphatic heterocycles. The fourth-order valence-corrected chi connectivity index (χ4v) is 1.69. The van der Waals surface area contributed by atoms with E-state index < -0.39 is 17.7 Å². The first-order valence-electron chi connectivity index (χ1n) is 5.79. The summed E-state index contributed by atoms with van der Waals surface area (Å²) in [5.74, 6) is -0.846. The molecule has 0 spiro atoms. The average molecular weight is 250 g/mol. The van der Waals surface area contributed by atoms with Crippen molar-refractivity contribution in [3.8, 4) is 0 Å². The number of rotatable bonds is 6. The molecule has 0 unspecified atom stereocenters. The van der Waals surface area contributed by atoms with Crippen molar-refractivity contribution < 1.29 is 19.7 Å². The lowest BCUT2D eigenvalue weighted by Crippen LogP contribution is -2.45. The second-order valence-electron chi connectivity index (χ2n) is 3.95. The maximum Gasteiger partial charge on any atom is 0.341 e. The lowest BCUT2D eigenvalue weighted by Gasteiger charge is -2.29. The Labute approximate surface area is 107 Å². The van der Waals surface area contributed by atoms with E-state index in [1.54, 1.807) is 37.3 Å². The highest BCUT2D eigenvalue weighted by Crippen LogP contribution is 2.30. The summed E-state index contributed by atoms with van der Waals surface area (Å²) >= 11 is 0. The molecule has 0 saturated carbocycles. The van der Waals surface area contributed by atoms with Crippen molar-refractivity contribution in [2.24, 2.45) is 0 Å². The zero-order valence-electron chi connectivity index (χ0n) is 10.4.